The van der Waals surface area contributed by atoms with E-state index in [0.29, 0.717) is 12.0 Å². The molecule has 0 bridgehead atoms. The summed E-state index contributed by atoms with van der Waals surface area (Å²) in [4.78, 5) is 13.3. The summed E-state index contributed by atoms with van der Waals surface area (Å²) in [6.07, 6.45) is 2.65. The molecule has 2 nitrogen and oxygen atoms in total. The Balaban J connectivity index is 0.00000144. The van der Waals surface area contributed by atoms with Crippen LogP contribution in [-0.2, 0) is 4.79 Å². The van der Waals surface area contributed by atoms with Crippen molar-refractivity contribution >= 4 is 5.91 Å². The van der Waals surface area contributed by atoms with Crippen LogP contribution in [0.25, 0.3) is 0 Å². The first kappa shape index (κ1) is 13.4. The summed E-state index contributed by atoms with van der Waals surface area (Å²) in [5, 5.41) is 0. The topological polar surface area (TPSA) is 20.3 Å². The van der Waals surface area contributed by atoms with Gasteiger partial charge in [-0.15, -0.1) is 0 Å². The number of hydrogen-bond donors (Lipinski definition) is 0. The van der Waals surface area contributed by atoms with Gasteiger partial charge in [0.1, 0.15) is 0 Å². The molecule has 1 aliphatic rings. The van der Waals surface area contributed by atoms with E-state index in [2.05, 4.69) is 20.8 Å². The van der Waals surface area contributed by atoms with Crippen LogP contribution in [-0.4, -0.2) is 22.9 Å². The third-order valence-electron chi connectivity index (χ3n) is 2.80. The van der Waals surface area contributed by atoms with E-state index in [1.807, 2.05) is 4.90 Å². The zero-order valence-corrected chi connectivity index (χ0v) is 12.7. The minimum absolute atomic E-state index is 0. The van der Waals surface area contributed by atoms with Gasteiger partial charge < -0.3 is 23.0 Å². The minimum atomic E-state index is 0. The molecule has 1 heterocycles. The second kappa shape index (κ2) is 5.32. The fourth-order valence-corrected chi connectivity index (χ4v) is 1.88. The van der Waals surface area contributed by atoms with Crippen LogP contribution in [0, 0.1) is 50.4 Å². The van der Waals surface area contributed by atoms with Gasteiger partial charge in [0, 0.05) is 6.04 Å². The number of hydrogen-bond acceptors (Lipinski definition) is 1. The van der Waals surface area contributed by atoms with Gasteiger partial charge in [-0.2, -0.15) is 6.92 Å². The zero-order valence-electron chi connectivity index (χ0n) is 8.58. The zero-order chi connectivity index (χ0) is 9.30. The normalized spacial score (nSPS) is 32.6. The van der Waals surface area contributed by atoms with Gasteiger partial charge in [-0.1, -0.05) is 19.4 Å². The molecule has 1 fully saturated rings. The summed E-state index contributed by atoms with van der Waals surface area (Å²) in [7, 11) is 0. The molecule has 72 valence electrons. The molecule has 0 N–H and O–H groups in total. The van der Waals surface area contributed by atoms with Crippen LogP contribution in [0.1, 0.15) is 27.2 Å². The smallest absolute Gasteiger partial charge is 0.391 e. The second-order valence-electron chi connectivity index (χ2n) is 3.64. The Morgan fingerprint density at radius 1 is 1.54 bits per heavy atom. The number of nitrogens with zero attached hydrogens (tertiary/aromatic N) is 1. The van der Waals surface area contributed by atoms with Crippen molar-refractivity contribution in [3.63, 3.8) is 0 Å². The number of amides is 1. The molecule has 0 spiro atoms. The molecule has 0 aromatic heterocycles. The fraction of sp³-hybridized carbons (Fsp3) is 0.700. The van der Waals surface area contributed by atoms with Crippen molar-refractivity contribution < 1.29 is 35.9 Å². The van der Waals surface area contributed by atoms with Crippen LogP contribution in [0.15, 0.2) is 0 Å². The third kappa shape index (κ3) is 2.67. The van der Waals surface area contributed by atoms with Crippen molar-refractivity contribution in [1.29, 1.82) is 0 Å². The monoisotopic (exact) mass is 405 g/mol. The maximum absolute atomic E-state index is 11.4. The molecule has 3 unspecified atom stereocenters. The average molecular weight is 405 g/mol. The maximum atomic E-state index is 11.4. The molecule has 3 atom stereocenters. The Morgan fingerprint density at radius 3 is 2.38 bits per heavy atom. The van der Waals surface area contributed by atoms with E-state index in [0.717, 1.165) is 6.42 Å². The van der Waals surface area contributed by atoms with E-state index in [4.69, 9.17) is 0 Å². The minimum Gasteiger partial charge on any atom is -0.391 e. The first-order chi connectivity index (χ1) is 5.57. The Labute approximate surface area is 105 Å². The van der Waals surface area contributed by atoms with Crippen LogP contribution in [0.4, 0.5) is 0 Å². The summed E-state index contributed by atoms with van der Waals surface area (Å²) in [6.45, 7) is 10.0. The van der Waals surface area contributed by atoms with Crippen LogP contribution < -0.4 is 0 Å². The molecule has 0 aliphatic carbocycles. The first-order valence-electron chi connectivity index (χ1n) is 4.52. The molecule has 1 saturated heterocycles. The largest absolute Gasteiger partial charge is 2.00 e. The van der Waals surface area contributed by atoms with Crippen LogP contribution in [0.2, 0.25) is 0 Å². The van der Waals surface area contributed by atoms with Crippen molar-refractivity contribution in [3.05, 3.63) is 13.3 Å². The van der Waals surface area contributed by atoms with Crippen molar-refractivity contribution in [2.45, 2.75) is 39.3 Å². The summed E-state index contributed by atoms with van der Waals surface area (Å²) in [5.74, 6) is 0.697. The van der Waals surface area contributed by atoms with Crippen LogP contribution in [0.3, 0.4) is 0 Å². The van der Waals surface area contributed by atoms with Gasteiger partial charge in [-0.05, 0) is 12.8 Å². The van der Waals surface area contributed by atoms with E-state index in [9.17, 15) is 4.79 Å². The number of carbonyl (C=O) groups is 1. The van der Waals surface area contributed by atoms with Crippen molar-refractivity contribution in [3.8, 4) is 0 Å². The number of likely N-dealkylation sites (tertiary alicyclic amines) is 1. The third-order valence-corrected chi connectivity index (χ3v) is 2.80. The van der Waals surface area contributed by atoms with E-state index in [1.54, 1.807) is 13.3 Å². The maximum Gasteiger partial charge on any atom is 2.00 e. The van der Waals surface area contributed by atoms with Crippen molar-refractivity contribution in [1.82, 2.24) is 4.90 Å². The van der Waals surface area contributed by atoms with Gasteiger partial charge >= 0.3 is 31.1 Å². The molecule has 1 aliphatic heterocycles. The molecule has 0 aromatic rings. The Hall–Kier alpha value is 0.392. The molecule has 3 heteroatoms. The van der Waals surface area contributed by atoms with Crippen LogP contribution >= 0.6 is 0 Å². The average Bonchev–Trinajstić information content (AvgIpc) is 2.26. The van der Waals surface area contributed by atoms with E-state index in [-0.39, 0.29) is 43.1 Å². The fourth-order valence-electron chi connectivity index (χ4n) is 1.88. The van der Waals surface area contributed by atoms with Gasteiger partial charge in [-0.25, -0.2) is 0 Å². The van der Waals surface area contributed by atoms with E-state index >= 15 is 0 Å². The molecule has 0 saturated carbocycles. The van der Waals surface area contributed by atoms with E-state index in [1.165, 1.54) is 0 Å². The molecule has 0 aromatic carbocycles. The SMILES string of the molecule is [CH2-]C1CC(C)C(C)N1C(=O)[CH-]C.[U+2]. The predicted octanol–water partition coefficient (Wildman–Crippen LogP) is 1.67. The van der Waals surface area contributed by atoms with Gasteiger partial charge in [0.25, 0.3) is 0 Å². The van der Waals surface area contributed by atoms with Gasteiger partial charge in [0.05, 0.1) is 5.91 Å². The molecule has 0 radical (unpaired) electrons. The Bertz CT molecular complexity index is 184. The predicted molar refractivity (Wildman–Crippen MR) is 49.2 cm³/mol. The standard InChI is InChI=1S/C10H17NO.U/c1-5-10(12)11-8(3)6-7(2)9(11)4;/h5,7-9H,3,6H2,1-2,4H3;/q-2;+2. The summed E-state index contributed by atoms with van der Waals surface area (Å²) in [6, 6.07) is 0.509. The number of carbonyl (C=O) groups excluding carboxylic acids is 1. The molecule has 1 amide bonds. The van der Waals surface area contributed by atoms with Gasteiger partial charge in [0.2, 0.25) is 0 Å². The van der Waals surface area contributed by atoms with Crippen molar-refractivity contribution in [2.24, 2.45) is 5.92 Å². The van der Waals surface area contributed by atoms with Gasteiger partial charge in [-0.3, -0.25) is 0 Å². The molecule has 1 rings (SSSR count). The summed E-state index contributed by atoms with van der Waals surface area (Å²) in [5.41, 5.74) is 0. The Kier molecular flexibility index (Phi) is 5.48. The van der Waals surface area contributed by atoms with Crippen LogP contribution in [0.5, 0.6) is 0 Å². The molecule has 13 heavy (non-hydrogen) atoms. The second-order valence-corrected chi connectivity index (χ2v) is 3.64. The quantitative estimate of drug-likeness (QED) is 0.608. The van der Waals surface area contributed by atoms with E-state index < -0.39 is 0 Å². The number of rotatable bonds is 1. The summed E-state index contributed by atoms with van der Waals surface area (Å²) < 4.78 is 0. The first-order valence-corrected chi connectivity index (χ1v) is 4.52. The summed E-state index contributed by atoms with van der Waals surface area (Å²) >= 11 is 0. The molecular weight excluding hydrogens is 388 g/mol. The van der Waals surface area contributed by atoms with Gasteiger partial charge in [0.15, 0.2) is 0 Å². The molecular formula is C10H17NOU. The Morgan fingerprint density at radius 2 is 2.08 bits per heavy atom. The van der Waals surface area contributed by atoms with Crippen molar-refractivity contribution in [2.75, 3.05) is 0 Å².